The van der Waals surface area contributed by atoms with E-state index in [1.807, 2.05) is 30.3 Å². The van der Waals surface area contributed by atoms with Crippen molar-refractivity contribution in [2.75, 3.05) is 38.8 Å². The first-order valence-electron chi connectivity index (χ1n) is 12.4. The lowest BCUT2D eigenvalue weighted by atomic mass is 9.87. The van der Waals surface area contributed by atoms with Gasteiger partial charge in [0.1, 0.15) is 11.6 Å². The minimum absolute atomic E-state index is 0.203. The number of amides is 1. The molecule has 0 aromatic heterocycles. The van der Waals surface area contributed by atoms with E-state index in [2.05, 4.69) is 43.7 Å². The fourth-order valence-corrected chi connectivity index (χ4v) is 5.75. The summed E-state index contributed by atoms with van der Waals surface area (Å²) in [6.07, 6.45) is 4.82. The topological polar surface area (TPSA) is 54.4 Å². The number of thioether (sulfide) groups is 1. The standard InChI is InChI=1S/C29H34FN3O3S/c1-7-12-33-25-17-24(30)20(15-23(25)19(2)18-29(33,3)4)16-26-27(34)32(13-14-35-5)28(37-26)31-21-8-10-22(36-6)11-9-21/h8-11,15-18H,7,12-14H2,1-6H3/b26-16+,31-28?. The highest BCUT2D eigenvalue weighted by Gasteiger charge is 2.35. The maximum atomic E-state index is 15.5. The molecule has 2 aromatic carbocycles. The van der Waals surface area contributed by atoms with E-state index in [0.29, 0.717) is 34.5 Å². The molecule has 4 rings (SSSR count). The predicted molar refractivity (Wildman–Crippen MR) is 151 cm³/mol. The van der Waals surface area contributed by atoms with Gasteiger partial charge in [0.25, 0.3) is 5.91 Å². The molecule has 2 heterocycles. The second kappa shape index (κ2) is 11.1. The summed E-state index contributed by atoms with van der Waals surface area (Å²) in [5.74, 6) is 0.159. The number of fused-ring (bicyclic) bond motifs is 1. The largest absolute Gasteiger partial charge is 0.497 e. The molecule has 0 N–H and O–H groups in total. The van der Waals surface area contributed by atoms with E-state index in [4.69, 9.17) is 9.47 Å². The molecule has 1 fully saturated rings. The van der Waals surface area contributed by atoms with Crippen LogP contribution in [-0.2, 0) is 9.53 Å². The van der Waals surface area contributed by atoms with Gasteiger partial charge in [-0.25, -0.2) is 9.38 Å². The number of anilines is 1. The highest BCUT2D eigenvalue weighted by atomic mass is 32.2. The average molecular weight is 524 g/mol. The van der Waals surface area contributed by atoms with Gasteiger partial charge in [-0.1, -0.05) is 13.0 Å². The van der Waals surface area contributed by atoms with Crippen molar-refractivity contribution in [1.82, 2.24) is 4.90 Å². The van der Waals surface area contributed by atoms with Gasteiger partial charge in [-0.15, -0.1) is 0 Å². The number of amidine groups is 1. The van der Waals surface area contributed by atoms with Crippen LogP contribution in [-0.4, -0.2) is 55.4 Å². The Hall–Kier alpha value is -3.10. The van der Waals surface area contributed by atoms with Crippen LogP contribution in [0.1, 0.15) is 45.2 Å². The van der Waals surface area contributed by atoms with Gasteiger partial charge in [0.05, 0.1) is 36.4 Å². The van der Waals surface area contributed by atoms with E-state index in [-0.39, 0.29) is 17.3 Å². The van der Waals surface area contributed by atoms with Crippen LogP contribution in [0, 0.1) is 5.82 Å². The zero-order chi connectivity index (χ0) is 26.7. The van der Waals surface area contributed by atoms with E-state index in [1.54, 1.807) is 31.3 Å². The molecule has 2 aromatic rings. The Bertz CT molecular complexity index is 1270. The van der Waals surface area contributed by atoms with Crippen molar-refractivity contribution in [1.29, 1.82) is 0 Å². The summed E-state index contributed by atoms with van der Waals surface area (Å²) in [4.78, 5) is 22.3. The summed E-state index contributed by atoms with van der Waals surface area (Å²) in [6.45, 7) is 10.0. The molecule has 1 saturated heterocycles. The summed E-state index contributed by atoms with van der Waals surface area (Å²) < 4.78 is 25.9. The van der Waals surface area contributed by atoms with Crippen molar-refractivity contribution < 1.29 is 18.7 Å². The second-order valence-electron chi connectivity index (χ2n) is 9.68. The molecule has 2 aliphatic heterocycles. The second-order valence-corrected chi connectivity index (χ2v) is 10.7. The van der Waals surface area contributed by atoms with E-state index >= 15 is 4.39 Å². The lowest BCUT2D eigenvalue weighted by Crippen LogP contribution is -2.45. The molecule has 0 unspecified atom stereocenters. The monoisotopic (exact) mass is 523 g/mol. The third-order valence-corrected chi connectivity index (χ3v) is 7.54. The smallest absolute Gasteiger partial charge is 0.266 e. The number of halogens is 1. The van der Waals surface area contributed by atoms with Gasteiger partial charge in [0, 0.05) is 30.5 Å². The molecule has 0 bridgehead atoms. The zero-order valence-corrected chi connectivity index (χ0v) is 23.1. The number of methoxy groups -OCH3 is 2. The number of hydrogen-bond donors (Lipinski definition) is 0. The fourth-order valence-electron chi connectivity index (χ4n) is 4.74. The summed E-state index contributed by atoms with van der Waals surface area (Å²) in [7, 11) is 3.20. The number of nitrogens with zero attached hydrogens (tertiary/aromatic N) is 3. The minimum atomic E-state index is -0.352. The number of benzene rings is 2. The lowest BCUT2D eigenvalue weighted by Gasteiger charge is -2.43. The van der Waals surface area contributed by atoms with Crippen molar-refractivity contribution in [2.45, 2.75) is 39.7 Å². The predicted octanol–water partition coefficient (Wildman–Crippen LogP) is 6.50. The van der Waals surface area contributed by atoms with Gasteiger partial charge in [0.2, 0.25) is 0 Å². The average Bonchev–Trinajstić information content (AvgIpc) is 3.15. The lowest BCUT2D eigenvalue weighted by molar-refractivity contribution is -0.122. The molecule has 0 radical (unpaired) electrons. The first-order chi connectivity index (χ1) is 17.7. The Morgan fingerprint density at radius 3 is 2.51 bits per heavy atom. The first kappa shape index (κ1) is 26.9. The van der Waals surface area contributed by atoms with Gasteiger partial charge in [-0.05, 0) is 87.0 Å². The number of carbonyl (C=O) groups is 1. The summed E-state index contributed by atoms with van der Waals surface area (Å²) in [5, 5.41) is 0.531. The normalized spacial score (nSPS) is 19.0. The molecule has 37 heavy (non-hydrogen) atoms. The number of rotatable bonds is 8. The molecule has 1 amide bonds. The van der Waals surface area contributed by atoms with E-state index < -0.39 is 0 Å². The first-order valence-corrected chi connectivity index (χ1v) is 13.2. The number of ether oxygens (including phenoxy) is 2. The summed E-state index contributed by atoms with van der Waals surface area (Å²) in [6, 6.07) is 10.8. The molecule has 0 saturated carbocycles. The van der Waals surface area contributed by atoms with Crippen LogP contribution in [0.2, 0.25) is 0 Å². The molecular weight excluding hydrogens is 489 g/mol. The Labute approximate surface area is 222 Å². The molecule has 8 heteroatoms. The highest BCUT2D eigenvalue weighted by Crippen LogP contribution is 2.41. The van der Waals surface area contributed by atoms with E-state index in [0.717, 1.165) is 35.5 Å². The van der Waals surface area contributed by atoms with Gasteiger partial charge in [0.15, 0.2) is 5.17 Å². The minimum Gasteiger partial charge on any atom is -0.497 e. The third-order valence-electron chi connectivity index (χ3n) is 6.53. The van der Waals surface area contributed by atoms with Gasteiger partial charge >= 0.3 is 0 Å². The SMILES string of the molecule is CCCN1c2cc(F)c(/C=C3/SC(=Nc4ccc(OC)cc4)N(CCOC)C3=O)cc2C(C)=CC1(C)C. The number of aliphatic imine (C=N–C) groups is 1. The van der Waals surface area contributed by atoms with Gasteiger partial charge in [-0.3, -0.25) is 9.69 Å². The van der Waals surface area contributed by atoms with E-state index in [9.17, 15) is 4.79 Å². The number of hydrogen-bond acceptors (Lipinski definition) is 6. The molecular formula is C29H34FN3O3S. The van der Waals surface area contributed by atoms with Gasteiger partial charge in [-0.2, -0.15) is 0 Å². The Morgan fingerprint density at radius 2 is 1.86 bits per heavy atom. The third kappa shape index (κ3) is 5.60. The van der Waals surface area contributed by atoms with Crippen LogP contribution >= 0.6 is 11.8 Å². The van der Waals surface area contributed by atoms with Crippen LogP contribution in [0.15, 0.2) is 52.4 Å². The van der Waals surface area contributed by atoms with Crippen molar-refractivity contribution in [3.05, 3.63) is 64.3 Å². The van der Waals surface area contributed by atoms with Crippen LogP contribution in [0.4, 0.5) is 15.8 Å². The molecule has 2 aliphatic rings. The van der Waals surface area contributed by atoms with Crippen molar-refractivity contribution in [3.8, 4) is 5.75 Å². The quantitative estimate of drug-likeness (QED) is 0.370. The van der Waals surface area contributed by atoms with Crippen LogP contribution in [0.25, 0.3) is 11.6 Å². The number of carbonyl (C=O) groups excluding carboxylic acids is 1. The van der Waals surface area contributed by atoms with Crippen molar-refractivity contribution >= 4 is 45.9 Å². The molecule has 0 atom stereocenters. The Morgan fingerprint density at radius 1 is 1.14 bits per heavy atom. The number of allylic oxidation sites excluding steroid dienone is 1. The van der Waals surface area contributed by atoms with Gasteiger partial charge < -0.3 is 14.4 Å². The van der Waals surface area contributed by atoms with Crippen molar-refractivity contribution in [2.24, 2.45) is 4.99 Å². The molecule has 196 valence electrons. The fraction of sp³-hybridized carbons (Fsp3) is 0.379. The maximum Gasteiger partial charge on any atom is 0.266 e. The molecule has 6 nitrogen and oxygen atoms in total. The van der Waals surface area contributed by atoms with E-state index in [1.165, 1.54) is 11.8 Å². The molecule has 0 spiro atoms. The van der Waals surface area contributed by atoms with Crippen LogP contribution < -0.4 is 9.64 Å². The molecule has 0 aliphatic carbocycles. The van der Waals surface area contributed by atoms with Crippen molar-refractivity contribution in [3.63, 3.8) is 0 Å². The van der Waals surface area contributed by atoms with Crippen LogP contribution in [0.3, 0.4) is 0 Å². The van der Waals surface area contributed by atoms with Crippen LogP contribution in [0.5, 0.6) is 5.75 Å². The highest BCUT2D eigenvalue weighted by molar-refractivity contribution is 8.18. The Balaban J connectivity index is 1.71. The maximum absolute atomic E-state index is 15.5. The summed E-state index contributed by atoms with van der Waals surface area (Å²) in [5.41, 5.74) is 3.85. The zero-order valence-electron chi connectivity index (χ0n) is 22.3. The Kier molecular flexibility index (Phi) is 8.09. The summed E-state index contributed by atoms with van der Waals surface area (Å²) >= 11 is 1.24.